The maximum absolute atomic E-state index is 12.4. The fourth-order valence-electron chi connectivity index (χ4n) is 4.07. The standard InChI is InChI=1S/C24H34N6O2S/c1-24(2,3)33(31,32)27-21-13-9-18(10-14-21)17-25-20-15-11-19(12-16-20)23-26-28-29-30(23)22-7-5-4-6-8-22/h4-8,11-12,15-16,18,21,25,27-29H,9-10,13-14,17H2,1-3H3/t18-,21-. The molecule has 9 heteroatoms. The highest BCUT2D eigenvalue weighted by Crippen LogP contribution is 2.27. The van der Waals surface area contributed by atoms with Gasteiger partial charge in [0.1, 0.15) is 0 Å². The van der Waals surface area contributed by atoms with Crippen LogP contribution in [0.5, 0.6) is 0 Å². The minimum Gasteiger partial charge on any atom is -0.385 e. The molecule has 1 fully saturated rings. The van der Waals surface area contributed by atoms with Crippen LogP contribution < -0.4 is 26.1 Å². The molecule has 1 aliphatic heterocycles. The first kappa shape index (κ1) is 23.5. The second-order valence-electron chi connectivity index (χ2n) is 9.74. The SMILES string of the molecule is CC(C)(C)S(=O)(=O)N[C@H]1CC[C@H](CNc2ccc(C3=NNNN3c3ccccc3)cc2)CC1. The van der Waals surface area contributed by atoms with E-state index >= 15 is 0 Å². The van der Waals surface area contributed by atoms with Gasteiger partial charge in [0.15, 0.2) is 5.84 Å². The number of para-hydroxylation sites is 1. The molecule has 4 N–H and O–H groups in total. The van der Waals surface area contributed by atoms with E-state index in [0.29, 0.717) is 5.92 Å². The second-order valence-corrected chi connectivity index (χ2v) is 12.2. The van der Waals surface area contributed by atoms with E-state index < -0.39 is 14.8 Å². The number of hydrogen-bond acceptors (Lipinski definition) is 7. The molecule has 8 nitrogen and oxygen atoms in total. The third-order valence-corrected chi connectivity index (χ3v) is 8.52. The summed E-state index contributed by atoms with van der Waals surface area (Å²) < 4.78 is 26.9. The van der Waals surface area contributed by atoms with E-state index in [4.69, 9.17) is 0 Å². The van der Waals surface area contributed by atoms with Gasteiger partial charge in [-0.2, -0.15) is 0 Å². The van der Waals surface area contributed by atoms with Crippen molar-refractivity contribution in [2.75, 3.05) is 16.9 Å². The number of anilines is 2. The third kappa shape index (κ3) is 5.66. The van der Waals surface area contributed by atoms with Crippen molar-refractivity contribution in [3.63, 3.8) is 0 Å². The molecule has 4 rings (SSSR count). The van der Waals surface area contributed by atoms with Crippen molar-refractivity contribution in [2.24, 2.45) is 11.0 Å². The van der Waals surface area contributed by atoms with Gasteiger partial charge in [0.25, 0.3) is 0 Å². The number of sulfonamides is 1. The lowest BCUT2D eigenvalue weighted by Crippen LogP contribution is -2.46. The number of hydrazone groups is 1. The van der Waals surface area contributed by atoms with Crippen LogP contribution in [0.1, 0.15) is 52.0 Å². The summed E-state index contributed by atoms with van der Waals surface area (Å²) in [6, 6.07) is 18.3. The van der Waals surface area contributed by atoms with Crippen LogP contribution in [0, 0.1) is 5.92 Å². The monoisotopic (exact) mass is 470 g/mol. The molecule has 0 spiro atoms. The Bertz CT molecular complexity index is 1060. The Kier molecular flexibility index (Phi) is 6.92. The fourth-order valence-corrected chi connectivity index (χ4v) is 5.10. The fraction of sp³-hybridized carbons (Fsp3) is 0.458. The lowest BCUT2D eigenvalue weighted by molar-refractivity contribution is 0.322. The molecule has 0 aromatic heterocycles. The maximum Gasteiger partial charge on any atom is 0.216 e. The topological polar surface area (TPSA) is 97.9 Å². The molecule has 0 bridgehead atoms. The number of rotatable bonds is 7. The van der Waals surface area contributed by atoms with E-state index in [2.05, 4.69) is 50.5 Å². The number of hydrogen-bond donors (Lipinski definition) is 4. The molecule has 1 aliphatic carbocycles. The smallest absolute Gasteiger partial charge is 0.216 e. The van der Waals surface area contributed by atoms with Gasteiger partial charge >= 0.3 is 0 Å². The molecule has 178 valence electrons. The molecule has 33 heavy (non-hydrogen) atoms. The average Bonchev–Trinajstić information content (AvgIpc) is 3.29. The van der Waals surface area contributed by atoms with Gasteiger partial charge in [0.05, 0.1) is 10.4 Å². The molecule has 1 heterocycles. The predicted octanol–water partition coefficient (Wildman–Crippen LogP) is 3.57. The van der Waals surface area contributed by atoms with Crippen molar-refractivity contribution < 1.29 is 8.42 Å². The quantitative estimate of drug-likeness (QED) is 0.494. The Morgan fingerprint density at radius 3 is 2.30 bits per heavy atom. The Morgan fingerprint density at radius 1 is 1.00 bits per heavy atom. The van der Waals surface area contributed by atoms with Crippen LogP contribution in [0.2, 0.25) is 0 Å². The van der Waals surface area contributed by atoms with Crippen LogP contribution in [0.25, 0.3) is 0 Å². The molecular formula is C24H34N6O2S. The maximum atomic E-state index is 12.4. The Labute approximate surface area is 196 Å². The van der Waals surface area contributed by atoms with Crippen LogP contribution >= 0.6 is 0 Å². The first-order valence-electron chi connectivity index (χ1n) is 11.5. The number of amidine groups is 1. The summed E-state index contributed by atoms with van der Waals surface area (Å²) in [4.78, 5) is 0. The largest absolute Gasteiger partial charge is 0.385 e. The van der Waals surface area contributed by atoms with Crippen molar-refractivity contribution in [2.45, 2.75) is 57.2 Å². The molecular weight excluding hydrogens is 436 g/mol. The number of hydrazine groups is 2. The molecule has 0 atom stereocenters. The number of nitrogens with zero attached hydrogens (tertiary/aromatic N) is 2. The minimum absolute atomic E-state index is 0.0479. The number of nitrogens with one attached hydrogen (secondary N) is 4. The molecule has 0 unspecified atom stereocenters. The van der Waals surface area contributed by atoms with Crippen molar-refractivity contribution in [1.82, 2.24) is 15.8 Å². The highest BCUT2D eigenvalue weighted by molar-refractivity contribution is 7.90. The zero-order chi connectivity index (χ0) is 23.5. The van der Waals surface area contributed by atoms with Crippen LogP contribution in [0.15, 0.2) is 59.7 Å². The summed E-state index contributed by atoms with van der Waals surface area (Å²) in [7, 11) is -3.29. The van der Waals surface area contributed by atoms with Gasteiger partial charge < -0.3 is 5.32 Å². The van der Waals surface area contributed by atoms with E-state index in [9.17, 15) is 8.42 Å². The summed E-state index contributed by atoms with van der Waals surface area (Å²) in [6.45, 7) is 6.10. The van der Waals surface area contributed by atoms with Gasteiger partial charge in [-0.15, -0.1) is 10.6 Å². The molecule has 0 amide bonds. The normalized spacial score (nSPS) is 21.4. The molecule has 0 radical (unpaired) electrons. The lowest BCUT2D eigenvalue weighted by Gasteiger charge is -2.31. The first-order chi connectivity index (χ1) is 15.7. The molecule has 1 saturated carbocycles. The van der Waals surface area contributed by atoms with Crippen LogP contribution in [0.4, 0.5) is 11.4 Å². The highest BCUT2D eigenvalue weighted by Gasteiger charge is 2.32. The van der Waals surface area contributed by atoms with Crippen LogP contribution in [0.3, 0.4) is 0 Å². The zero-order valence-electron chi connectivity index (χ0n) is 19.5. The van der Waals surface area contributed by atoms with Gasteiger partial charge in [0.2, 0.25) is 10.0 Å². The summed E-state index contributed by atoms with van der Waals surface area (Å²) >= 11 is 0. The van der Waals surface area contributed by atoms with Gasteiger partial charge in [-0.1, -0.05) is 18.2 Å². The van der Waals surface area contributed by atoms with Gasteiger partial charge in [0, 0.05) is 23.8 Å². The highest BCUT2D eigenvalue weighted by atomic mass is 32.2. The van der Waals surface area contributed by atoms with Crippen molar-refractivity contribution in [3.8, 4) is 0 Å². The van der Waals surface area contributed by atoms with Crippen molar-refractivity contribution in [3.05, 3.63) is 60.2 Å². The summed E-state index contributed by atoms with van der Waals surface area (Å²) in [5.74, 6) is 1.35. The first-order valence-corrected chi connectivity index (χ1v) is 13.0. The van der Waals surface area contributed by atoms with Gasteiger partial charge in [-0.3, -0.25) is 0 Å². The zero-order valence-corrected chi connectivity index (χ0v) is 20.3. The Morgan fingerprint density at radius 2 is 1.67 bits per heavy atom. The van der Waals surface area contributed by atoms with E-state index in [-0.39, 0.29) is 6.04 Å². The predicted molar refractivity (Wildman–Crippen MR) is 134 cm³/mol. The third-order valence-electron chi connectivity index (χ3n) is 6.26. The Hall–Kier alpha value is -2.62. The lowest BCUT2D eigenvalue weighted by atomic mass is 9.86. The van der Waals surface area contributed by atoms with Crippen molar-refractivity contribution in [1.29, 1.82) is 0 Å². The second kappa shape index (κ2) is 9.70. The van der Waals surface area contributed by atoms with Gasteiger partial charge in [-0.25, -0.2) is 23.7 Å². The molecule has 2 aromatic carbocycles. The van der Waals surface area contributed by atoms with E-state index in [0.717, 1.165) is 55.0 Å². The summed E-state index contributed by atoms with van der Waals surface area (Å²) in [5.41, 5.74) is 8.97. The molecule has 2 aliphatic rings. The van der Waals surface area contributed by atoms with Gasteiger partial charge in [-0.05, 0) is 88.8 Å². The number of benzene rings is 2. The summed E-state index contributed by atoms with van der Waals surface area (Å²) in [5, 5.41) is 9.82. The van der Waals surface area contributed by atoms with E-state index in [1.165, 1.54) is 0 Å². The molecule has 2 aromatic rings. The molecule has 0 saturated heterocycles. The van der Waals surface area contributed by atoms with Crippen LogP contribution in [-0.2, 0) is 10.0 Å². The Balaban J connectivity index is 1.27. The summed E-state index contributed by atoms with van der Waals surface area (Å²) in [6.07, 6.45) is 3.80. The minimum atomic E-state index is -3.29. The average molecular weight is 471 g/mol. The van der Waals surface area contributed by atoms with E-state index in [1.807, 2.05) is 35.3 Å². The van der Waals surface area contributed by atoms with Crippen LogP contribution in [-0.4, -0.2) is 31.6 Å². The van der Waals surface area contributed by atoms with Crippen molar-refractivity contribution >= 4 is 27.2 Å². The van der Waals surface area contributed by atoms with E-state index in [1.54, 1.807) is 20.8 Å².